The number of esters is 2. The third kappa shape index (κ3) is 3.94. The SMILES string of the molecule is CCOC(=O)C1=CN(C(=O)CC)C=C(C(=O)OCC)C1. The van der Waals surface area contributed by atoms with Gasteiger partial charge in [0.05, 0.1) is 24.4 Å². The second-order valence-electron chi connectivity index (χ2n) is 4.08. The van der Waals surface area contributed by atoms with Gasteiger partial charge in [0, 0.05) is 25.2 Å². The Bertz CT molecular complexity index is 430. The van der Waals surface area contributed by atoms with E-state index in [-0.39, 0.29) is 43.1 Å². The molecule has 0 aliphatic carbocycles. The molecule has 0 radical (unpaired) electrons. The molecule has 6 nitrogen and oxygen atoms in total. The summed E-state index contributed by atoms with van der Waals surface area (Å²) in [6.07, 6.45) is 3.18. The van der Waals surface area contributed by atoms with Gasteiger partial charge in [-0.3, -0.25) is 9.69 Å². The topological polar surface area (TPSA) is 72.9 Å². The van der Waals surface area contributed by atoms with Crippen LogP contribution < -0.4 is 0 Å². The van der Waals surface area contributed by atoms with Gasteiger partial charge in [-0.05, 0) is 13.8 Å². The summed E-state index contributed by atoms with van der Waals surface area (Å²) in [7, 11) is 0. The van der Waals surface area contributed by atoms with Gasteiger partial charge >= 0.3 is 11.9 Å². The van der Waals surface area contributed by atoms with E-state index >= 15 is 0 Å². The first-order valence-electron chi connectivity index (χ1n) is 6.60. The molecule has 1 amide bonds. The Kier molecular flexibility index (Phi) is 5.96. The standard InChI is InChI=1S/C14H19NO5/c1-4-12(16)15-8-10(13(17)19-5-2)7-11(9-15)14(18)20-6-3/h8-9H,4-7H2,1-3H3. The highest BCUT2D eigenvalue weighted by atomic mass is 16.5. The summed E-state index contributed by atoms with van der Waals surface area (Å²) in [6.45, 7) is 5.55. The minimum atomic E-state index is -0.531. The number of ether oxygens (including phenoxy) is 2. The Morgan fingerprint density at radius 1 is 1.00 bits per heavy atom. The number of nitrogens with zero attached hydrogens (tertiary/aromatic N) is 1. The van der Waals surface area contributed by atoms with Crippen LogP contribution in [-0.4, -0.2) is 36.0 Å². The van der Waals surface area contributed by atoms with Crippen molar-refractivity contribution in [3.8, 4) is 0 Å². The molecule has 0 atom stereocenters. The van der Waals surface area contributed by atoms with Crippen molar-refractivity contribution >= 4 is 17.8 Å². The zero-order valence-electron chi connectivity index (χ0n) is 12.0. The van der Waals surface area contributed by atoms with E-state index in [4.69, 9.17) is 9.47 Å². The smallest absolute Gasteiger partial charge is 0.335 e. The van der Waals surface area contributed by atoms with Crippen LogP contribution in [0.15, 0.2) is 23.5 Å². The summed E-state index contributed by atoms with van der Waals surface area (Å²) in [5.41, 5.74) is 0.526. The highest BCUT2D eigenvalue weighted by molar-refractivity contribution is 5.97. The molecule has 6 heteroatoms. The van der Waals surface area contributed by atoms with Crippen LogP contribution in [0.5, 0.6) is 0 Å². The van der Waals surface area contributed by atoms with Crippen molar-refractivity contribution in [2.45, 2.75) is 33.6 Å². The molecule has 0 aromatic rings. The fourth-order valence-electron chi connectivity index (χ4n) is 1.69. The summed E-state index contributed by atoms with van der Waals surface area (Å²) in [4.78, 5) is 36.5. The first-order chi connectivity index (χ1) is 9.53. The molecule has 0 N–H and O–H groups in total. The van der Waals surface area contributed by atoms with Gasteiger partial charge in [0.1, 0.15) is 0 Å². The first-order valence-corrected chi connectivity index (χ1v) is 6.60. The predicted molar refractivity (Wildman–Crippen MR) is 71.2 cm³/mol. The number of amides is 1. The molecule has 1 aliphatic rings. The molecule has 0 unspecified atom stereocenters. The van der Waals surface area contributed by atoms with Crippen molar-refractivity contribution in [1.29, 1.82) is 0 Å². The van der Waals surface area contributed by atoms with E-state index in [1.165, 1.54) is 17.3 Å². The maximum atomic E-state index is 11.8. The van der Waals surface area contributed by atoms with Crippen LogP contribution in [0.3, 0.4) is 0 Å². The monoisotopic (exact) mass is 281 g/mol. The number of rotatable bonds is 5. The maximum absolute atomic E-state index is 11.8. The fraction of sp³-hybridized carbons (Fsp3) is 0.500. The number of carbonyl (C=O) groups excluding carboxylic acids is 3. The lowest BCUT2D eigenvalue weighted by Gasteiger charge is -2.22. The maximum Gasteiger partial charge on any atom is 0.335 e. The van der Waals surface area contributed by atoms with E-state index in [1.807, 2.05) is 0 Å². The second kappa shape index (κ2) is 7.47. The van der Waals surface area contributed by atoms with Gasteiger partial charge in [-0.15, -0.1) is 0 Å². The van der Waals surface area contributed by atoms with Gasteiger partial charge in [0.25, 0.3) is 0 Å². The molecule has 1 aliphatic heterocycles. The van der Waals surface area contributed by atoms with Gasteiger partial charge in [-0.2, -0.15) is 0 Å². The Morgan fingerprint density at radius 3 is 1.80 bits per heavy atom. The summed E-state index contributed by atoms with van der Waals surface area (Å²) in [5.74, 6) is -1.28. The molecule has 1 heterocycles. The average Bonchev–Trinajstić information content (AvgIpc) is 2.46. The molecule has 0 spiro atoms. The third-order valence-corrected chi connectivity index (χ3v) is 2.64. The molecule has 0 saturated carbocycles. The molecule has 0 aromatic heterocycles. The summed E-state index contributed by atoms with van der Waals surface area (Å²) >= 11 is 0. The van der Waals surface area contributed by atoms with Crippen molar-refractivity contribution in [2.24, 2.45) is 0 Å². The lowest BCUT2D eigenvalue weighted by molar-refractivity contribution is -0.139. The fourth-order valence-corrected chi connectivity index (χ4v) is 1.69. The van der Waals surface area contributed by atoms with Crippen LogP contribution in [0.2, 0.25) is 0 Å². The minimum Gasteiger partial charge on any atom is -0.463 e. The number of hydrogen-bond donors (Lipinski definition) is 0. The van der Waals surface area contributed by atoms with Crippen molar-refractivity contribution in [1.82, 2.24) is 4.90 Å². The van der Waals surface area contributed by atoms with Crippen LogP contribution >= 0.6 is 0 Å². The summed E-state index contributed by atoms with van der Waals surface area (Å²) < 4.78 is 9.81. The van der Waals surface area contributed by atoms with Gasteiger partial charge in [-0.1, -0.05) is 6.92 Å². The van der Waals surface area contributed by atoms with E-state index in [0.717, 1.165) is 0 Å². The lowest BCUT2D eigenvalue weighted by atomic mass is 10.0. The van der Waals surface area contributed by atoms with Gasteiger partial charge < -0.3 is 9.47 Å². The van der Waals surface area contributed by atoms with Crippen LogP contribution in [0.1, 0.15) is 33.6 Å². The lowest BCUT2D eigenvalue weighted by Crippen LogP contribution is -2.27. The minimum absolute atomic E-state index is 0.102. The normalized spacial score (nSPS) is 14.2. The van der Waals surface area contributed by atoms with E-state index in [9.17, 15) is 14.4 Å². The number of carbonyl (C=O) groups is 3. The largest absolute Gasteiger partial charge is 0.463 e. The van der Waals surface area contributed by atoms with Crippen molar-refractivity contribution in [2.75, 3.05) is 13.2 Å². The Balaban J connectivity index is 2.99. The predicted octanol–water partition coefficient (Wildman–Crippen LogP) is 1.52. The van der Waals surface area contributed by atoms with Crippen molar-refractivity contribution in [3.05, 3.63) is 23.5 Å². The second-order valence-corrected chi connectivity index (χ2v) is 4.08. The molecule has 0 fully saturated rings. The molecule has 0 saturated heterocycles. The van der Waals surface area contributed by atoms with Crippen molar-refractivity contribution in [3.63, 3.8) is 0 Å². The third-order valence-electron chi connectivity index (χ3n) is 2.64. The van der Waals surface area contributed by atoms with E-state index in [1.54, 1.807) is 20.8 Å². The molecule has 110 valence electrons. The molecule has 0 bridgehead atoms. The zero-order chi connectivity index (χ0) is 15.1. The highest BCUT2D eigenvalue weighted by Crippen LogP contribution is 2.22. The molecule has 1 rings (SSSR count). The van der Waals surface area contributed by atoms with E-state index in [2.05, 4.69) is 0 Å². The van der Waals surface area contributed by atoms with E-state index in [0.29, 0.717) is 0 Å². The van der Waals surface area contributed by atoms with Crippen LogP contribution in [-0.2, 0) is 23.9 Å². The molecule has 0 aromatic carbocycles. The van der Waals surface area contributed by atoms with Crippen LogP contribution in [0, 0.1) is 0 Å². The van der Waals surface area contributed by atoms with Gasteiger partial charge in [0.15, 0.2) is 0 Å². The highest BCUT2D eigenvalue weighted by Gasteiger charge is 2.25. The zero-order valence-corrected chi connectivity index (χ0v) is 12.0. The Morgan fingerprint density at radius 2 is 1.45 bits per heavy atom. The summed E-state index contributed by atoms with van der Waals surface area (Å²) in [5, 5.41) is 0. The van der Waals surface area contributed by atoms with Crippen molar-refractivity contribution < 1.29 is 23.9 Å². The van der Waals surface area contributed by atoms with Gasteiger partial charge in [0.2, 0.25) is 5.91 Å². The number of hydrogen-bond acceptors (Lipinski definition) is 5. The first kappa shape index (κ1) is 15.9. The average molecular weight is 281 g/mol. The molecular weight excluding hydrogens is 262 g/mol. The quantitative estimate of drug-likeness (QED) is 0.714. The van der Waals surface area contributed by atoms with Gasteiger partial charge in [-0.25, -0.2) is 9.59 Å². The Labute approximate surface area is 118 Å². The summed E-state index contributed by atoms with van der Waals surface area (Å²) in [6, 6.07) is 0. The van der Waals surface area contributed by atoms with E-state index < -0.39 is 11.9 Å². The molecule has 20 heavy (non-hydrogen) atoms. The van der Waals surface area contributed by atoms with Crippen LogP contribution in [0.4, 0.5) is 0 Å². The molecular formula is C14H19NO5. The van der Waals surface area contributed by atoms with Crippen LogP contribution in [0.25, 0.3) is 0 Å². The Hall–Kier alpha value is -2.11.